The Bertz CT molecular complexity index is 599. The average molecular weight is 289 g/mol. The number of aromatic nitrogens is 2. The monoisotopic (exact) mass is 289 g/mol. The average Bonchev–Trinajstić information content (AvgIpc) is 3.15. The minimum atomic E-state index is 0.126. The second kappa shape index (κ2) is 6.24. The van der Waals surface area contributed by atoms with Crippen molar-refractivity contribution in [3.63, 3.8) is 0 Å². The molecule has 2 heterocycles. The van der Waals surface area contributed by atoms with Gasteiger partial charge in [-0.1, -0.05) is 17.3 Å². The fraction of sp³-hybridized carbons (Fsp3) is 0.467. The Morgan fingerprint density at radius 1 is 1.38 bits per heavy atom. The molecule has 6 nitrogen and oxygen atoms in total. The van der Waals surface area contributed by atoms with E-state index in [2.05, 4.69) is 15.5 Å². The number of nitrogens with one attached hydrogen (secondary N) is 1. The van der Waals surface area contributed by atoms with Crippen LogP contribution in [-0.2, 0) is 11.2 Å². The molecule has 6 heteroatoms. The zero-order valence-corrected chi connectivity index (χ0v) is 12.2. The third-order valence-corrected chi connectivity index (χ3v) is 3.75. The zero-order valence-electron chi connectivity index (χ0n) is 12.2. The molecular weight excluding hydrogens is 270 g/mol. The minimum absolute atomic E-state index is 0.126. The van der Waals surface area contributed by atoms with Crippen LogP contribution in [0.4, 0.5) is 0 Å². The Balaban J connectivity index is 1.72. The van der Waals surface area contributed by atoms with Crippen molar-refractivity contribution in [1.82, 2.24) is 15.5 Å². The predicted molar refractivity (Wildman–Crippen MR) is 76.5 cm³/mol. The number of rotatable bonds is 5. The van der Waals surface area contributed by atoms with Crippen molar-refractivity contribution >= 4 is 0 Å². The first kappa shape index (κ1) is 14.0. The van der Waals surface area contributed by atoms with Gasteiger partial charge in [-0.15, -0.1) is 0 Å². The van der Waals surface area contributed by atoms with Crippen LogP contribution in [0.25, 0.3) is 0 Å². The van der Waals surface area contributed by atoms with Crippen molar-refractivity contribution < 1.29 is 14.0 Å². The summed E-state index contributed by atoms with van der Waals surface area (Å²) in [5, 5.41) is 7.29. The molecule has 1 aromatic heterocycles. The number of methoxy groups -OCH3 is 1. The molecule has 0 aliphatic carbocycles. The van der Waals surface area contributed by atoms with E-state index in [0.29, 0.717) is 31.3 Å². The predicted octanol–water partition coefficient (Wildman–Crippen LogP) is 1.37. The lowest BCUT2D eigenvalue weighted by molar-refractivity contribution is 0.185. The molecule has 2 aromatic rings. The summed E-state index contributed by atoms with van der Waals surface area (Å²) in [4.78, 5) is 4.50. The highest BCUT2D eigenvalue weighted by atomic mass is 16.5. The quantitative estimate of drug-likeness (QED) is 0.896. The zero-order chi connectivity index (χ0) is 14.7. The summed E-state index contributed by atoms with van der Waals surface area (Å²) in [6.45, 7) is 1.29. The number of likely N-dealkylation sites (N-methyl/N-ethyl adjacent to an activating group) is 1. The highest BCUT2D eigenvalue weighted by Crippen LogP contribution is 2.24. The summed E-state index contributed by atoms with van der Waals surface area (Å²) in [7, 11) is 3.57. The van der Waals surface area contributed by atoms with Crippen LogP contribution in [0, 0.1) is 0 Å². The van der Waals surface area contributed by atoms with E-state index < -0.39 is 0 Å². The minimum Gasteiger partial charge on any atom is -0.497 e. The lowest BCUT2D eigenvalue weighted by Gasteiger charge is -2.11. The van der Waals surface area contributed by atoms with Gasteiger partial charge in [0.1, 0.15) is 5.75 Å². The lowest BCUT2D eigenvalue weighted by Crippen LogP contribution is -2.31. The van der Waals surface area contributed by atoms with Gasteiger partial charge >= 0.3 is 0 Å². The Morgan fingerprint density at radius 2 is 2.29 bits per heavy atom. The standard InChI is InChI=1S/C15H19N3O3/c1-16-13-9-20-8-12(13)15-17-14(18-21-15)7-10-4-3-5-11(6-10)19-2/h3-6,12-13,16H,7-9H2,1-2H3. The fourth-order valence-electron chi connectivity index (χ4n) is 2.54. The van der Waals surface area contributed by atoms with Gasteiger partial charge in [0.05, 0.1) is 26.2 Å². The summed E-state index contributed by atoms with van der Waals surface area (Å²) in [6.07, 6.45) is 0.624. The molecule has 1 aliphatic heterocycles. The summed E-state index contributed by atoms with van der Waals surface area (Å²) >= 11 is 0. The van der Waals surface area contributed by atoms with E-state index in [0.717, 1.165) is 11.3 Å². The van der Waals surface area contributed by atoms with Gasteiger partial charge in [-0.2, -0.15) is 4.98 Å². The molecule has 1 aromatic carbocycles. The molecule has 112 valence electrons. The smallest absolute Gasteiger partial charge is 0.233 e. The number of benzene rings is 1. The van der Waals surface area contributed by atoms with Crippen LogP contribution in [-0.4, -0.2) is 43.6 Å². The van der Waals surface area contributed by atoms with E-state index in [9.17, 15) is 0 Å². The Labute approximate surface area is 123 Å². The lowest BCUT2D eigenvalue weighted by atomic mass is 10.0. The van der Waals surface area contributed by atoms with Gasteiger partial charge in [0.15, 0.2) is 5.82 Å². The summed E-state index contributed by atoms with van der Waals surface area (Å²) < 4.78 is 16.1. The van der Waals surface area contributed by atoms with Crippen molar-refractivity contribution in [2.24, 2.45) is 0 Å². The van der Waals surface area contributed by atoms with Crippen LogP contribution in [0.3, 0.4) is 0 Å². The van der Waals surface area contributed by atoms with Gasteiger partial charge in [-0.25, -0.2) is 0 Å². The van der Waals surface area contributed by atoms with E-state index >= 15 is 0 Å². The number of hydrogen-bond donors (Lipinski definition) is 1. The highest BCUT2D eigenvalue weighted by Gasteiger charge is 2.32. The van der Waals surface area contributed by atoms with Crippen molar-refractivity contribution in [2.45, 2.75) is 18.4 Å². The van der Waals surface area contributed by atoms with Crippen molar-refractivity contribution in [1.29, 1.82) is 0 Å². The summed E-state index contributed by atoms with van der Waals surface area (Å²) in [6, 6.07) is 8.10. The summed E-state index contributed by atoms with van der Waals surface area (Å²) in [5.74, 6) is 2.28. The van der Waals surface area contributed by atoms with Gasteiger partial charge in [0, 0.05) is 12.5 Å². The number of nitrogens with zero attached hydrogens (tertiary/aromatic N) is 2. The third kappa shape index (κ3) is 3.06. The van der Waals surface area contributed by atoms with E-state index in [-0.39, 0.29) is 12.0 Å². The normalized spacial score (nSPS) is 21.6. The maximum absolute atomic E-state index is 5.47. The molecule has 0 amide bonds. The Hall–Kier alpha value is -1.92. The molecule has 1 saturated heterocycles. The molecule has 2 atom stereocenters. The fourth-order valence-corrected chi connectivity index (χ4v) is 2.54. The number of ether oxygens (including phenoxy) is 2. The molecule has 1 aliphatic rings. The molecule has 0 spiro atoms. The molecule has 3 rings (SSSR count). The van der Waals surface area contributed by atoms with Gasteiger partial charge in [0.2, 0.25) is 5.89 Å². The van der Waals surface area contributed by atoms with Gasteiger partial charge in [-0.3, -0.25) is 0 Å². The van der Waals surface area contributed by atoms with Gasteiger partial charge < -0.3 is 19.3 Å². The highest BCUT2D eigenvalue weighted by molar-refractivity contribution is 5.30. The second-order valence-corrected chi connectivity index (χ2v) is 5.12. The van der Waals surface area contributed by atoms with Crippen LogP contribution < -0.4 is 10.1 Å². The van der Waals surface area contributed by atoms with Crippen LogP contribution in [0.2, 0.25) is 0 Å². The molecule has 21 heavy (non-hydrogen) atoms. The molecule has 1 N–H and O–H groups in total. The van der Waals surface area contributed by atoms with Crippen LogP contribution in [0.1, 0.15) is 23.2 Å². The molecule has 2 unspecified atom stereocenters. The van der Waals surface area contributed by atoms with Crippen molar-refractivity contribution in [3.8, 4) is 5.75 Å². The van der Waals surface area contributed by atoms with E-state index in [4.69, 9.17) is 14.0 Å². The van der Waals surface area contributed by atoms with Crippen LogP contribution >= 0.6 is 0 Å². The SMILES string of the molecule is CNC1COCC1c1nc(Cc2cccc(OC)c2)no1. The van der Waals surface area contributed by atoms with Crippen molar-refractivity contribution in [2.75, 3.05) is 27.4 Å². The first-order valence-corrected chi connectivity index (χ1v) is 7.00. The molecule has 0 saturated carbocycles. The molecule has 0 bridgehead atoms. The molecule has 0 radical (unpaired) electrons. The first-order valence-electron chi connectivity index (χ1n) is 7.00. The van der Waals surface area contributed by atoms with Crippen LogP contribution in [0.15, 0.2) is 28.8 Å². The maximum Gasteiger partial charge on any atom is 0.233 e. The largest absolute Gasteiger partial charge is 0.497 e. The second-order valence-electron chi connectivity index (χ2n) is 5.12. The van der Waals surface area contributed by atoms with E-state index in [1.54, 1.807) is 7.11 Å². The van der Waals surface area contributed by atoms with E-state index in [1.807, 2.05) is 31.3 Å². The van der Waals surface area contributed by atoms with Crippen molar-refractivity contribution in [3.05, 3.63) is 41.5 Å². The van der Waals surface area contributed by atoms with E-state index in [1.165, 1.54) is 0 Å². The van der Waals surface area contributed by atoms with Crippen LogP contribution in [0.5, 0.6) is 5.75 Å². The van der Waals surface area contributed by atoms with Gasteiger partial charge in [0.25, 0.3) is 0 Å². The number of hydrogen-bond acceptors (Lipinski definition) is 6. The summed E-state index contributed by atoms with van der Waals surface area (Å²) in [5.41, 5.74) is 1.09. The first-order chi connectivity index (χ1) is 10.3. The Kier molecular flexibility index (Phi) is 4.17. The molecular formula is C15H19N3O3. The topological polar surface area (TPSA) is 69.4 Å². The maximum atomic E-state index is 5.47. The molecule has 1 fully saturated rings. The third-order valence-electron chi connectivity index (χ3n) is 3.75. The Morgan fingerprint density at radius 3 is 3.10 bits per heavy atom. The van der Waals surface area contributed by atoms with Gasteiger partial charge in [-0.05, 0) is 24.7 Å².